The molecule has 0 fully saturated rings. The molecule has 2 aromatic rings. The Hall–Kier alpha value is -3.22. The highest BCUT2D eigenvalue weighted by atomic mass is 16.5. The van der Waals surface area contributed by atoms with Gasteiger partial charge in [0.15, 0.2) is 11.5 Å². The number of fused-ring (bicyclic) bond motifs is 1. The minimum atomic E-state index is -0.319. The van der Waals surface area contributed by atoms with Crippen LogP contribution in [0.3, 0.4) is 0 Å². The number of hydrogen-bond donors (Lipinski definition) is 1. The summed E-state index contributed by atoms with van der Waals surface area (Å²) in [4.78, 5) is 25.9. The molecule has 0 saturated carbocycles. The molecule has 25 heavy (non-hydrogen) atoms. The van der Waals surface area contributed by atoms with Crippen LogP contribution in [0.5, 0.6) is 17.2 Å². The Kier molecular flexibility index (Phi) is 4.47. The molecule has 2 aromatic carbocycles. The van der Waals surface area contributed by atoms with E-state index in [1.165, 1.54) is 21.3 Å². The molecule has 0 unspecified atom stereocenters. The topological polar surface area (TPSA) is 77.1 Å². The van der Waals surface area contributed by atoms with Gasteiger partial charge in [-0.15, -0.1) is 0 Å². The van der Waals surface area contributed by atoms with Crippen molar-refractivity contribution >= 4 is 17.5 Å². The normalized spacial score (nSPS) is 12.8. The predicted octanol–water partition coefficient (Wildman–Crippen LogP) is 2.38. The molecule has 130 valence electrons. The van der Waals surface area contributed by atoms with Crippen LogP contribution < -0.4 is 19.5 Å². The third kappa shape index (κ3) is 2.84. The van der Waals surface area contributed by atoms with E-state index in [0.29, 0.717) is 34.1 Å². The lowest BCUT2D eigenvalue weighted by atomic mass is 10.1. The monoisotopic (exact) mass is 342 g/mol. The number of methoxy groups -OCH3 is 3. The fraction of sp³-hybridized carbons (Fsp3) is 0.222. The Labute approximate surface area is 145 Å². The van der Waals surface area contributed by atoms with Crippen LogP contribution in [0, 0.1) is 0 Å². The summed E-state index contributed by atoms with van der Waals surface area (Å²) in [5.74, 6) is 0.788. The number of amides is 2. The molecule has 1 aliphatic rings. The van der Waals surface area contributed by atoms with Crippen LogP contribution in [-0.4, -0.2) is 44.7 Å². The molecule has 7 nitrogen and oxygen atoms in total. The van der Waals surface area contributed by atoms with E-state index in [1.807, 2.05) is 0 Å². The van der Waals surface area contributed by atoms with E-state index in [2.05, 4.69) is 5.32 Å². The first-order valence-corrected chi connectivity index (χ1v) is 7.59. The molecule has 0 radical (unpaired) electrons. The van der Waals surface area contributed by atoms with E-state index in [1.54, 1.807) is 36.4 Å². The van der Waals surface area contributed by atoms with Gasteiger partial charge in [0, 0.05) is 17.8 Å². The van der Waals surface area contributed by atoms with Crippen LogP contribution in [0.1, 0.15) is 20.7 Å². The van der Waals surface area contributed by atoms with E-state index in [9.17, 15) is 9.59 Å². The van der Waals surface area contributed by atoms with Gasteiger partial charge in [0.25, 0.3) is 11.8 Å². The predicted molar refractivity (Wildman–Crippen MR) is 91.5 cm³/mol. The van der Waals surface area contributed by atoms with Gasteiger partial charge < -0.3 is 19.5 Å². The van der Waals surface area contributed by atoms with E-state index in [-0.39, 0.29) is 18.5 Å². The molecule has 0 spiro atoms. The highest BCUT2D eigenvalue weighted by molar-refractivity contribution is 6.21. The number of carbonyl (C=O) groups excluding carboxylic acids is 2. The van der Waals surface area contributed by atoms with Crippen molar-refractivity contribution in [3.63, 3.8) is 0 Å². The minimum absolute atomic E-state index is 0.0327. The van der Waals surface area contributed by atoms with E-state index < -0.39 is 0 Å². The maximum atomic E-state index is 12.4. The summed E-state index contributed by atoms with van der Waals surface area (Å²) in [6, 6.07) is 10.2. The average Bonchev–Trinajstić information content (AvgIpc) is 2.89. The summed E-state index contributed by atoms with van der Waals surface area (Å²) in [5, 5.41) is 3.05. The molecule has 7 heteroatoms. The van der Waals surface area contributed by atoms with Crippen LogP contribution in [0.25, 0.3) is 0 Å². The van der Waals surface area contributed by atoms with Crippen molar-refractivity contribution in [1.82, 2.24) is 4.90 Å². The van der Waals surface area contributed by atoms with Gasteiger partial charge in [-0.05, 0) is 12.1 Å². The van der Waals surface area contributed by atoms with E-state index >= 15 is 0 Å². The molecule has 3 rings (SSSR count). The standard InChI is InChI=1S/C18H18N2O5/c1-23-14-8-11(9-15(24-2)16(14)25-3)19-10-20-17(21)12-6-4-5-7-13(12)18(20)22/h4-9,19H,10H2,1-3H3. The van der Waals surface area contributed by atoms with Gasteiger partial charge in [-0.1, -0.05) is 12.1 Å². The first-order valence-electron chi connectivity index (χ1n) is 7.59. The number of ether oxygens (including phenoxy) is 3. The van der Waals surface area contributed by atoms with E-state index in [4.69, 9.17) is 14.2 Å². The zero-order chi connectivity index (χ0) is 18.0. The number of nitrogens with one attached hydrogen (secondary N) is 1. The lowest BCUT2D eigenvalue weighted by Crippen LogP contribution is -2.34. The van der Waals surface area contributed by atoms with Crippen molar-refractivity contribution in [1.29, 1.82) is 0 Å². The number of rotatable bonds is 6. The Morgan fingerprint density at radius 1 is 0.880 bits per heavy atom. The lowest BCUT2D eigenvalue weighted by Gasteiger charge is -2.18. The quantitative estimate of drug-likeness (QED) is 0.812. The first kappa shape index (κ1) is 16.6. The van der Waals surface area contributed by atoms with Crippen molar-refractivity contribution in [3.8, 4) is 17.2 Å². The summed E-state index contributed by atoms with van der Waals surface area (Å²) >= 11 is 0. The Morgan fingerprint density at radius 3 is 1.84 bits per heavy atom. The number of imide groups is 1. The molecule has 0 saturated heterocycles. The number of carbonyl (C=O) groups is 2. The van der Waals surface area contributed by atoms with Crippen molar-refractivity contribution in [2.24, 2.45) is 0 Å². The molecule has 0 bridgehead atoms. The molecule has 0 atom stereocenters. The Morgan fingerprint density at radius 2 is 1.40 bits per heavy atom. The first-order chi connectivity index (χ1) is 12.1. The molecule has 1 heterocycles. The Balaban J connectivity index is 1.81. The fourth-order valence-electron chi connectivity index (χ4n) is 2.74. The van der Waals surface area contributed by atoms with Gasteiger partial charge in [0.05, 0.1) is 39.1 Å². The summed E-state index contributed by atoms with van der Waals surface area (Å²) in [6.07, 6.45) is 0. The smallest absolute Gasteiger partial charge is 0.263 e. The largest absolute Gasteiger partial charge is 0.493 e. The van der Waals surface area contributed by atoms with Crippen molar-refractivity contribution < 1.29 is 23.8 Å². The summed E-state index contributed by atoms with van der Waals surface area (Å²) < 4.78 is 15.9. The molecule has 2 amide bonds. The Bertz CT molecular complexity index is 774. The van der Waals surface area contributed by atoms with Crippen molar-refractivity contribution in [3.05, 3.63) is 47.5 Å². The van der Waals surface area contributed by atoms with Gasteiger partial charge >= 0.3 is 0 Å². The number of benzene rings is 2. The molecule has 0 aromatic heterocycles. The second-order valence-corrected chi connectivity index (χ2v) is 5.33. The zero-order valence-electron chi connectivity index (χ0n) is 14.2. The second-order valence-electron chi connectivity index (χ2n) is 5.33. The van der Waals surface area contributed by atoms with Gasteiger partial charge in [-0.2, -0.15) is 0 Å². The average molecular weight is 342 g/mol. The maximum absolute atomic E-state index is 12.4. The zero-order valence-corrected chi connectivity index (χ0v) is 14.2. The SMILES string of the molecule is COc1cc(NCN2C(=O)c3ccccc3C2=O)cc(OC)c1OC. The minimum Gasteiger partial charge on any atom is -0.493 e. The molecule has 1 N–H and O–H groups in total. The van der Waals surface area contributed by atoms with Gasteiger partial charge in [-0.25, -0.2) is 0 Å². The molecule has 1 aliphatic heterocycles. The third-order valence-corrected chi connectivity index (χ3v) is 3.98. The number of anilines is 1. The second kappa shape index (κ2) is 6.72. The summed E-state index contributed by atoms with van der Waals surface area (Å²) in [5.41, 5.74) is 1.46. The summed E-state index contributed by atoms with van der Waals surface area (Å²) in [6.45, 7) is 0.0327. The van der Waals surface area contributed by atoms with Crippen molar-refractivity contribution in [2.45, 2.75) is 0 Å². The lowest BCUT2D eigenvalue weighted by molar-refractivity contribution is 0.0666. The van der Waals surface area contributed by atoms with Crippen LogP contribution in [0.4, 0.5) is 5.69 Å². The number of nitrogens with zero attached hydrogens (tertiary/aromatic N) is 1. The van der Waals surface area contributed by atoms with Gasteiger partial charge in [0.2, 0.25) is 5.75 Å². The van der Waals surface area contributed by atoms with Crippen molar-refractivity contribution in [2.75, 3.05) is 33.3 Å². The highest BCUT2D eigenvalue weighted by Gasteiger charge is 2.34. The van der Waals surface area contributed by atoms with Crippen LogP contribution in [-0.2, 0) is 0 Å². The third-order valence-electron chi connectivity index (χ3n) is 3.98. The van der Waals surface area contributed by atoms with Crippen LogP contribution in [0.15, 0.2) is 36.4 Å². The van der Waals surface area contributed by atoms with E-state index in [0.717, 1.165) is 4.90 Å². The van der Waals surface area contributed by atoms with Crippen LogP contribution in [0.2, 0.25) is 0 Å². The molecular weight excluding hydrogens is 324 g/mol. The summed E-state index contributed by atoms with van der Waals surface area (Å²) in [7, 11) is 4.56. The van der Waals surface area contributed by atoms with Gasteiger partial charge in [-0.3, -0.25) is 14.5 Å². The highest BCUT2D eigenvalue weighted by Crippen LogP contribution is 2.40. The molecular formula is C18H18N2O5. The van der Waals surface area contributed by atoms with Gasteiger partial charge in [0.1, 0.15) is 0 Å². The fourth-order valence-corrected chi connectivity index (χ4v) is 2.74. The molecule has 0 aliphatic carbocycles. The van der Waals surface area contributed by atoms with Crippen LogP contribution >= 0.6 is 0 Å². The number of hydrogen-bond acceptors (Lipinski definition) is 6. The maximum Gasteiger partial charge on any atom is 0.263 e.